The molecule has 4 rings (SSSR count). The molecule has 1 aromatic carbocycles. The number of nitrogens with zero attached hydrogens (tertiary/aromatic N) is 4. The Labute approximate surface area is 163 Å². The summed E-state index contributed by atoms with van der Waals surface area (Å²) in [6.45, 7) is 2.55. The van der Waals surface area contributed by atoms with Crippen LogP contribution in [0.15, 0.2) is 42.9 Å². The van der Waals surface area contributed by atoms with Gasteiger partial charge in [-0.2, -0.15) is 5.10 Å². The normalized spacial score (nSPS) is 16.5. The van der Waals surface area contributed by atoms with Crippen molar-refractivity contribution in [2.45, 2.75) is 25.4 Å². The lowest BCUT2D eigenvalue weighted by molar-refractivity contribution is 0.571. The zero-order valence-electron chi connectivity index (χ0n) is 15.8. The molecule has 8 heteroatoms. The number of halogens is 1. The molecule has 0 radical (unpaired) electrons. The fourth-order valence-corrected chi connectivity index (χ4v) is 3.68. The Morgan fingerprint density at radius 2 is 2.11 bits per heavy atom. The van der Waals surface area contributed by atoms with Crippen LogP contribution in [0.3, 0.4) is 0 Å². The van der Waals surface area contributed by atoms with Gasteiger partial charge >= 0.3 is 0 Å². The fraction of sp³-hybridized carbons (Fsp3) is 0.350. The zero-order valence-corrected chi connectivity index (χ0v) is 15.8. The van der Waals surface area contributed by atoms with Gasteiger partial charge in [0.2, 0.25) is 0 Å². The van der Waals surface area contributed by atoms with Gasteiger partial charge in [0.05, 0.1) is 11.9 Å². The monoisotopic (exact) mass is 381 g/mol. The van der Waals surface area contributed by atoms with Crippen molar-refractivity contribution in [1.82, 2.24) is 25.5 Å². The Hall–Kier alpha value is -3.00. The van der Waals surface area contributed by atoms with Crippen LogP contribution in [0, 0.1) is 5.82 Å². The quantitative estimate of drug-likeness (QED) is 0.584. The van der Waals surface area contributed by atoms with E-state index in [1.807, 2.05) is 19.3 Å². The van der Waals surface area contributed by atoms with E-state index >= 15 is 0 Å². The standard InChI is InChI=1S/C20H24FN7/c1-22-18-9-19(25-13-24-18)28-8-2-3-17(28)12-23-10-15-11-26-27-20(15)14-4-6-16(21)7-5-14/h4-7,9,11,13,17,23H,2-3,8,10,12H2,1H3,(H,26,27)(H,22,24,25). The predicted molar refractivity (Wildman–Crippen MR) is 108 cm³/mol. The largest absolute Gasteiger partial charge is 0.373 e. The minimum atomic E-state index is -0.240. The number of hydrogen-bond acceptors (Lipinski definition) is 6. The molecule has 0 aliphatic carbocycles. The first kappa shape index (κ1) is 18.4. The molecule has 1 aliphatic rings. The molecule has 1 unspecified atom stereocenters. The smallest absolute Gasteiger partial charge is 0.134 e. The van der Waals surface area contributed by atoms with Crippen molar-refractivity contribution in [2.24, 2.45) is 0 Å². The van der Waals surface area contributed by atoms with E-state index in [0.29, 0.717) is 12.6 Å². The highest BCUT2D eigenvalue weighted by Gasteiger charge is 2.25. The summed E-state index contributed by atoms with van der Waals surface area (Å²) in [6.07, 6.45) is 5.70. The number of H-pyrrole nitrogens is 1. The van der Waals surface area contributed by atoms with Gasteiger partial charge < -0.3 is 15.5 Å². The number of benzene rings is 1. The molecule has 1 atom stereocenters. The molecule has 7 nitrogen and oxygen atoms in total. The molecule has 3 N–H and O–H groups in total. The van der Waals surface area contributed by atoms with Crippen LogP contribution in [0.2, 0.25) is 0 Å². The molecule has 1 saturated heterocycles. The summed E-state index contributed by atoms with van der Waals surface area (Å²) in [5.74, 6) is 1.54. The van der Waals surface area contributed by atoms with Crippen LogP contribution in [0.5, 0.6) is 0 Å². The molecule has 0 amide bonds. The van der Waals surface area contributed by atoms with Crippen LogP contribution >= 0.6 is 0 Å². The maximum atomic E-state index is 13.2. The number of rotatable bonds is 7. The van der Waals surface area contributed by atoms with Crippen LogP contribution in [0.4, 0.5) is 16.0 Å². The van der Waals surface area contributed by atoms with E-state index in [1.165, 1.54) is 12.1 Å². The molecular formula is C20H24FN7. The van der Waals surface area contributed by atoms with Crippen LogP contribution in [0.1, 0.15) is 18.4 Å². The second-order valence-corrected chi connectivity index (χ2v) is 6.91. The van der Waals surface area contributed by atoms with E-state index in [9.17, 15) is 4.39 Å². The number of nitrogens with one attached hydrogen (secondary N) is 3. The highest BCUT2D eigenvalue weighted by atomic mass is 19.1. The topological polar surface area (TPSA) is 81.8 Å². The van der Waals surface area contributed by atoms with Crippen molar-refractivity contribution in [3.63, 3.8) is 0 Å². The summed E-state index contributed by atoms with van der Waals surface area (Å²) < 4.78 is 13.2. The minimum Gasteiger partial charge on any atom is -0.373 e. The van der Waals surface area contributed by atoms with Gasteiger partial charge in [0.25, 0.3) is 0 Å². The van der Waals surface area contributed by atoms with Gasteiger partial charge in [0.1, 0.15) is 23.8 Å². The molecule has 1 fully saturated rings. The zero-order chi connectivity index (χ0) is 19.3. The molecule has 0 spiro atoms. The first-order valence-electron chi connectivity index (χ1n) is 9.50. The third-order valence-electron chi connectivity index (χ3n) is 5.13. The second kappa shape index (κ2) is 8.35. The van der Waals surface area contributed by atoms with E-state index in [2.05, 4.69) is 35.7 Å². The molecule has 2 aromatic heterocycles. The predicted octanol–water partition coefficient (Wildman–Crippen LogP) is 2.81. The summed E-state index contributed by atoms with van der Waals surface area (Å²) in [7, 11) is 1.86. The fourth-order valence-electron chi connectivity index (χ4n) is 3.68. The number of aromatic amines is 1. The maximum absolute atomic E-state index is 13.2. The van der Waals surface area contributed by atoms with Gasteiger partial charge in [-0.1, -0.05) is 0 Å². The minimum absolute atomic E-state index is 0.240. The number of aromatic nitrogens is 4. The van der Waals surface area contributed by atoms with Crippen molar-refractivity contribution < 1.29 is 4.39 Å². The van der Waals surface area contributed by atoms with E-state index in [1.54, 1.807) is 18.5 Å². The van der Waals surface area contributed by atoms with Crippen LogP contribution < -0.4 is 15.5 Å². The van der Waals surface area contributed by atoms with Crippen LogP contribution in [0.25, 0.3) is 11.3 Å². The van der Waals surface area contributed by atoms with Crippen molar-refractivity contribution in [3.8, 4) is 11.3 Å². The Morgan fingerprint density at radius 3 is 2.93 bits per heavy atom. The van der Waals surface area contributed by atoms with Gasteiger partial charge in [-0.3, -0.25) is 5.10 Å². The molecule has 28 heavy (non-hydrogen) atoms. The van der Waals surface area contributed by atoms with Crippen molar-refractivity contribution in [3.05, 3.63) is 54.2 Å². The summed E-state index contributed by atoms with van der Waals surface area (Å²) in [6, 6.07) is 8.83. The van der Waals surface area contributed by atoms with Crippen LogP contribution in [-0.2, 0) is 6.54 Å². The molecule has 0 saturated carbocycles. The van der Waals surface area contributed by atoms with E-state index < -0.39 is 0 Å². The molecule has 146 valence electrons. The van der Waals surface area contributed by atoms with E-state index in [-0.39, 0.29) is 5.82 Å². The summed E-state index contributed by atoms with van der Waals surface area (Å²) in [4.78, 5) is 11.0. The average molecular weight is 381 g/mol. The lowest BCUT2D eigenvalue weighted by atomic mass is 10.1. The molecule has 3 heterocycles. The molecule has 0 bridgehead atoms. The van der Waals surface area contributed by atoms with Gasteiger partial charge in [0.15, 0.2) is 0 Å². The first-order chi connectivity index (χ1) is 13.7. The van der Waals surface area contributed by atoms with Gasteiger partial charge in [0, 0.05) is 49.9 Å². The number of hydrogen-bond donors (Lipinski definition) is 3. The molecule has 3 aromatic rings. The lowest BCUT2D eigenvalue weighted by Gasteiger charge is -2.26. The Kier molecular flexibility index (Phi) is 5.48. The molecule has 1 aliphatic heterocycles. The molecular weight excluding hydrogens is 357 g/mol. The van der Waals surface area contributed by atoms with E-state index in [0.717, 1.165) is 54.4 Å². The summed E-state index contributed by atoms with van der Waals surface area (Å²) in [5, 5.41) is 13.8. The lowest BCUT2D eigenvalue weighted by Crippen LogP contribution is -2.38. The summed E-state index contributed by atoms with van der Waals surface area (Å²) in [5.41, 5.74) is 2.92. The number of anilines is 2. The second-order valence-electron chi connectivity index (χ2n) is 6.91. The van der Waals surface area contributed by atoms with Crippen molar-refractivity contribution in [1.29, 1.82) is 0 Å². The van der Waals surface area contributed by atoms with Gasteiger partial charge in [-0.05, 0) is 37.1 Å². The third-order valence-corrected chi connectivity index (χ3v) is 5.13. The summed E-state index contributed by atoms with van der Waals surface area (Å²) >= 11 is 0. The van der Waals surface area contributed by atoms with Crippen molar-refractivity contribution >= 4 is 11.6 Å². The Bertz CT molecular complexity index is 909. The third kappa shape index (κ3) is 3.96. The van der Waals surface area contributed by atoms with Gasteiger partial charge in [-0.25, -0.2) is 14.4 Å². The Balaban J connectivity index is 1.39. The van der Waals surface area contributed by atoms with Crippen molar-refractivity contribution in [2.75, 3.05) is 30.4 Å². The first-order valence-corrected chi connectivity index (χ1v) is 9.50. The highest BCUT2D eigenvalue weighted by Crippen LogP contribution is 2.25. The maximum Gasteiger partial charge on any atom is 0.134 e. The average Bonchev–Trinajstić information content (AvgIpc) is 3.38. The van der Waals surface area contributed by atoms with E-state index in [4.69, 9.17) is 0 Å². The SMILES string of the molecule is CNc1cc(N2CCCC2CNCc2cn[nH]c2-c2ccc(F)cc2)ncn1. The van der Waals surface area contributed by atoms with Gasteiger partial charge in [-0.15, -0.1) is 0 Å². The highest BCUT2D eigenvalue weighted by molar-refractivity contribution is 5.62. The van der Waals surface area contributed by atoms with Crippen LogP contribution in [-0.4, -0.2) is 46.3 Å². The Morgan fingerprint density at radius 1 is 1.25 bits per heavy atom.